The molecule has 0 aliphatic heterocycles. The van der Waals surface area contributed by atoms with Crippen LogP contribution in [0.5, 0.6) is 0 Å². The first-order chi connectivity index (χ1) is 9.97. The van der Waals surface area contributed by atoms with Gasteiger partial charge in [0.1, 0.15) is 0 Å². The summed E-state index contributed by atoms with van der Waals surface area (Å²) in [6.07, 6.45) is 4.99. The summed E-state index contributed by atoms with van der Waals surface area (Å²) in [6, 6.07) is 4.28. The zero-order valence-corrected chi connectivity index (χ0v) is 13.0. The third kappa shape index (κ3) is 4.48. The highest BCUT2D eigenvalue weighted by Gasteiger charge is 2.25. The summed E-state index contributed by atoms with van der Waals surface area (Å²) < 4.78 is 26.4. The molecule has 2 N–H and O–H groups in total. The van der Waals surface area contributed by atoms with Crippen molar-refractivity contribution >= 4 is 0 Å². The van der Waals surface area contributed by atoms with Gasteiger partial charge in [-0.05, 0) is 36.5 Å². The van der Waals surface area contributed by atoms with Gasteiger partial charge in [0.2, 0.25) is 0 Å². The van der Waals surface area contributed by atoms with Crippen molar-refractivity contribution < 1.29 is 8.78 Å². The van der Waals surface area contributed by atoms with Crippen LogP contribution in [0.2, 0.25) is 0 Å². The van der Waals surface area contributed by atoms with E-state index in [2.05, 4.69) is 18.7 Å². The molecule has 4 heteroatoms. The van der Waals surface area contributed by atoms with E-state index in [1.54, 1.807) is 6.07 Å². The van der Waals surface area contributed by atoms with Crippen molar-refractivity contribution in [1.29, 1.82) is 0 Å². The van der Waals surface area contributed by atoms with Crippen LogP contribution in [0.1, 0.15) is 51.1 Å². The number of nitrogens with zero attached hydrogens (tertiary/aromatic N) is 1. The average Bonchev–Trinajstić information content (AvgIpc) is 2.94. The summed E-state index contributed by atoms with van der Waals surface area (Å²) in [7, 11) is 0. The predicted molar refractivity (Wildman–Crippen MR) is 82.0 cm³/mol. The first kappa shape index (κ1) is 16.4. The topological polar surface area (TPSA) is 29.3 Å². The summed E-state index contributed by atoms with van der Waals surface area (Å²) in [4.78, 5) is 2.43. The van der Waals surface area contributed by atoms with Crippen molar-refractivity contribution in [3.8, 4) is 0 Å². The molecule has 0 heterocycles. The predicted octanol–water partition coefficient (Wildman–Crippen LogP) is 3.87. The molecule has 0 amide bonds. The fourth-order valence-electron chi connectivity index (χ4n) is 3.21. The van der Waals surface area contributed by atoms with Gasteiger partial charge in [0.05, 0.1) is 0 Å². The number of hydrogen-bond acceptors (Lipinski definition) is 2. The Morgan fingerprint density at radius 3 is 2.38 bits per heavy atom. The molecule has 0 radical (unpaired) electrons. The summed E-state index contributed by atoms with van der Waals surface area (Å²) in [5.41, 5.74) is 6.89. The first-order valence-corrected chi connectivity index (χ1v) is 7.92. The molecule has 1 saturated carbocycles. The van der Waals surface area contributed by atoms with Crippen molar-refractivity contribution in [3.05, 3.63) is 35.4 Å². The Hall–Kier alpha value is -1.00. The Morgan fingerprint density at radius 1 is 1.14 bits per heavy atom. The molecule has 1 fully saturated rings. The van der Waals surface area contributed by atoms with Gasteiger partial charge >= 0.3 is 0 Å². The molecule has 1 unspecified atom stereocenters. The number of benzene rings is 1. The Labute approximate surface area is 126 Å². The number of hydrogen-bond donors (Lipinski definition) is 1. The lowest BCUT2D eigenvalue weighted by molar-refractivity contribution is 0.167. The van der Waals surface area contributed by atoms with Crippen LogP contribution in [-0.4, -0.2) is 24.0 Å². The maximum atomic E-state index is 13.3. The lowest BCUT2D eigenvalue weighted by Gasteiger charge is -2.32. The zero-order chi connectivity index (χ0) is 15.4. The number of halogens is 2. The molecule has 1 atom stereocenters. The molecule has 118 valence electrons. The molecular formula is C17H26F2N2. The average molecular weight is 296 g/mol. The summed E-state index contributed by atoms with van der Waals surface area (Å²) in [5, 5.41) is 0. The van der Waals surface area contributed by atoms with Gasteiger partial charge in [-0.1, -0.05) is 32.8 Å². The molecule has 2 rings (SSSR count). The van der Waals surface area contributed by atoms with Gasteiger partial charge in [0, 0.05) is 25.2 Å². The second kappa shape index (κ2) is 7.32. The SMILES string of the molecule is CC(C)CN(CC(N)c1ccc(F)c(F)c1)C1CCCC1. The van der Waals surface area contributed by atoms with Crippen LogP contribution in [0.4, 0.5) is 8.78 Å². The lowest BCUT2D eigenvalue weighted by atomic mass is 10.0. The fraction of sp³-hybridized carbons (Fsp3) is 0.647. The van der Waals surface area contributed by atoms with E-state index in [9.17, 15) is 8.78 Å². The molecule has 0 bridgehead atoms. The molecule has 0 aromatic heterocycles. The Kier molecular flexibility index (Phi) is 5.71. The number of nitrogens with two attached hydrogens (primary N) is 1. The van der Waals surface area contributed by atoms with Gasteiger partial charge in [0.25, 0.3) is 0 Å². The van der Waals surface area contributed by atoms with Crippen LogP contribution >= 0.6 is 0 Å². The van der Waals surface area contributed by atoms with Crippen LogP contribution in [-0.2, 0) is 0 Å². The lowest BCUT2D eigenvalue weighted by Crippen LogP contribution is -2.41. The summed E-state index contributed by atoms with van der Waals surface area (Å²) in [6.45, 7) is 6.10. The van der Waals surface area contributed by atoms with Gasteiger partial charge in [-0.3, -0.25) is 4.90 Å². The van der Waals surface area contributed by atoms with Crippen LogP contribution in [0, 0.1) is 17.6 Å². The van der Waals surface area contributed by atoms with Crippen molar-refractivity contribution in [3.63, 3.8) is 0 Å². The van der Waals surface area contributed by atoms with E-state index in [4.69, 9.17) is 5.73 Å². The van der Waals surface area contributed by atoms with Crippen molar-refractivity contribution in [2.45, 2.75) is 51.6 Å². The monoisotopic (exact) mass is 296 g/mol. The van der Waals surface area contributed by atoms with Gasteiger partial charge < -0.3 is 5.73 Å². The molecule has 1 aliphatic carbocycles. The van der Waals surface area contributed by atoms with E-state index < -0.39 is 11.6 Å². The summed E-state index contributed by atoms with van der Waals surface area (Å²) in [5.74, 6) is -1.07. The third-order valence-corrected chi connectivity index (χ3v) is 4.24. The Balaban J connectivity index is 2.05. The van der Waals surface area contributed by atoms with Crippen LogP contribution in [0.25, 0.3) is 0 Å². The minimum absolute atomic E-state index is 0.278. The Morgan fingerprint density at radius 2 is 1.81 bits per heavy atom. The number of rotatable bonds is 6. The molecule has 0 spiro atoms. The normalized spacial score (nSPS) is 17.9. The van der Waals surface area contributed by atoms with Crippen LogP contribution in [0.3, 0.4) is 0 Å². The first-order valence-electron chi connectivity index (χ1n) is 7.92. The quantitative estimate of drug-likeness (QED) is 0.863. The van der Waals surface area contributed by atoms with E-state index in [0.717, 1.165) is 12.6 Å². The van der Waals surface area contributed by atoms with E-state index >= 15 is 0 Å². The highest BCUT2D eigenvalue weighted by atomic mass is 19.2. The van der Waals surface area contributed by atoms with Crippen LogP contribution in [0.15, 0.2) is 18.2 Å². The maximum absolute atomic E-state index is 13.3. The van der Waals surface area contributed by atoms with Crippen molar-refractivity contribution in [2.75, 3.05) is 13.1 Å². The van der Waals surface area contributed by atoms with Gasteiger partial charge in [-0.15, -0.1) is 0 Å². The minimum atomic E-state index is -0.820. The summed E-state index contributed by atoms with van der Waals surface area (Å²) >= 11 is 0. The minimum Gasteiger partial charge on any atom is -0.323 e. The van der Waals surface area contributed by atoms with Crippen LogP contribution < -0.4 is 5.73 Å². The standard InChI is InChI=1S/C17H26F2N2/c1-12(2)10-21(14-5-3-4-6-14)11-17(20)13-7-8-15(18)16(19)9-13/h7-9,12,14,17H,3-6,10-11,20H2,1-2H3. The molecular weight excluding hydrogens is 270 g/mol. The molecule has 1 aliphatic rings. The van der Waals surface area contributed by atoms with Crippen molar-refractivity contribution in [1.82, 2.24) is 4.90 Å². The van der Waals surface area contributed by atoms with Gasteiger partial charge in [-0.25, -0.2) is 8.78 Å². The van der Waals surface area contributed by atoms with Crippen molar-refractivity contribution in [2.24, 2.45) is 11.7 Å². The highest BCUT2D eigenvalue weighted by Crippen LogP contribution is 2.26. The smallest absolute Gasteiger partial charge is 0.159 e. The molecule has 1 aromatic rings. The highest BCUT2D eigenvalue weighted by molar-refractivity contribution is 5.21. The van der Waals surface area contributed by atoms with E-state index in [0.29, 0.717) is 24.1 Å². The van der Waals surface area contributed by atoms with E-state index in [1.807, 2.05) is 0 Å². The molecule has 1 aromatic carbocycles. The molecule has 2 nitrogen and oxygen atoms in total. The van der Waals surface area contributed by atoms with Gasteiger partial charge in [0.15, 0.2) is 11.6 Å². The zero-order valence-electron chi connectivity index (χ0n) is 13.0. The second-order valence-corrected chi connectivity index (χ2v) is 6.57. The molecule has 21 heavy (non-hydrogen) atoms. The molecule has 0 saturated heterocycles. The Bertz CT molecular complexity index is 456. The second-order valence-electron chi connectivity index (χ2n) is 6.57. The third-order valence-electron chi connectivity index (χ3n) is 4.24. The van der Waals surface area contributed by atoms with E-state index in [1.165, 1.54) is 31.7 Å². The van der Waals surface area contributed by atoms with Gasteiger partial charge in [-0.2, -0.15) is 0 Å². The van der Waals surface area contributed by atoms with E-state index in [-0.39, 0.29) is 6.04 Å². The fourth-order valence-corrected chi connectivity index (χ4v) is 3.21. The largest absolute Gasteiger partial charge is 0.323 e. The maximum Gasteiger partial charge on any atom is 0.159 e.